The Kier molecular flexibility index (Phi) is 15.9. The second kappa shape index (κ2) is 14.5. The van der Waals surface area contributed by atoms with Crippen LogP contribution < -0.4 is 10.6 Å². The van der Waals surface area contributed by atoms with E-state index >= 15 is 0 Å². The molecule has 0 aliphatic carbocycles. The van der Waals surface area contributed by atoms with Crippen molar-refractivity contribution in [2.75, 3.05) is 39.5 Å². The van der Waals surface area contributed by atoms with E-state index in [4.69, 9.17) is 0 Å². The topological polar surface area (TPSA) is 73.8 Å². The third kappa shape index (κ3) is 11.5. The van der Waals surface area contributed by atoms with Crippen LogP contribution in [0.2, 0.25) is 0 Å². The molecule has 0 heterocycles. The molecule has 0 aromatic rings. The molecule has 0 fully saturated rings. The van der Waals surface area contributed by atoms with E-state index in [-0.39, 0.29) is 29.7 Å². The lowest BCUT2D eigenvalue weighted by molar-refractivity contribution is 0.461. The molecule has 0 aliphatic rings. The van der Waals surface area contributed by atoms with Crippen molar-refractivity contribution in [1.29, 1.82) is 0 Å². The Morgan fingerprint density at radius 3 is 2.14 bits per heavy atom. The number of sulfonamides is 1. The molecule has 0 bridgehead atoms. The van der Waals surface area contributed by atoms with Gasteiger partial charge in [-0.15, -0.1) is 24.0 Å². The molecule has 0 unspecified atom stereocenters. The molecular formula is C14H33IN4O2S. The van der Waals surface area contributed by atoms with Gasteiger partial charge in [-0.05, 0) is 19.8 Å². The first kappa shape index (κ1) is 24.2. The van der Waals surface area contributed by atoms with Crippen molar-refractivity contribution in [3.05, 3.63) is 0 Å². The van der Waals surface area contributed by atoms with Gasteiger partial charge >= 0.3 is 0 Å². The molecule has 0 rings (SSSR count). The van der Waals surface area contributed by atoms with Crippen LogP contribution in [0.25, 0.3) is 0 Å². The maximum atomic E-state index is 11.6. The largest absolute Gasteiger partial charge is 0.356 e. The molecular weight excluding hydrogens is 415 g/mol. The zero-order chi connectivity index (χ0) is 16.1. The predicted molar refractivity (Wildman–Crippen MR) is 106 cm³/mol. The number of hydrogen-bond acceptors (Lipinski definition) is 3. The lowest BCUT2D eigenvalue weighted by Crippen LogP contribution is -2.39. The lowest BCUT2D eigenvalue weighted by atomic mass is 10.2. The molecule has 0 aromatic carbocycles. The summed E-state index contributed by atoms with van der Waals surface area (Å²) in [7, 11) is 0.302. The fraction of sp³-hybridized carbons (Fsp3) is 0.929. The summed E-state index contributed by atoms with van der Waals surface area (Å²) in [5.41, 5.74) is 0. The Morgan fingerprint density at radius 2 is 1.64 bits per heavy atom. The van der Waals surface area contributed by atoms with Crippen molar-refractivity contribution < 1.29 is 8.42 Å². The van der Waals surface area contributed by atoms with Gasteiger partial charge in [0.25, 0.3) is 0 Å². The third-order valence-electron chi connectivity index (χ3n) is 3.33. The van der Waals surface area contributed by atoms with Gasteiger partial charge in [-0.2, -0.15) is 0 Å². The fourth-order valence-electron chi connectivity index (χ4n) is 1.85. The van der Waals surface area contributed by atoms with Gasteiger partial charge in [-0.25, -0.2) is 12.7 Å². The highest BCUT2D eigenvalue weighted by atomic mass is 127. The highest BCUT2D eigenvalue weighted by Gasteiger charge is 2.13. The number of unbranched alkanes of at least 4 members (excludes halogenated alkanes) is 3. The standard InChI is InChI=1S/C14H32N4O2S.HI/c1-5-7-8-9-11-16-14(15-3)17-12-10-13-18(4)21(19,20)6-2;/h5-13H2,1-4H3,(H2,15,16,17);1H. The highest BCUT2D eigenvalue weighted by molar-refractivity contribution is 14.0. The molecule has 8 heteroatoms. The fourth-order valence-corrected chi connectivity index (χ4v) is 2.70. The predicted octanol–water partition coefficient (Wildman–Crippen LogP) is 2.02. The van der Waals surface area contributed by atoms with E-state index in [0.717, 1.165) is 25.3 Å². The number of nitrogens with zero attached hydrogens (tertiary/aromatic N) is 2. The van der Waals surface area contributed by atoms with Crippen molar-refractivity contribution in [2.45, 2.75) is 46.0 Å². The summed E-state index contributed by atoms with van der Waals surface area (Å²) in [5, 5.41) is 6.47. The molecule has 0 saturated heterocycles. The Bertz CT molecular complexity index is 388. The van der Waals surface area contributed by atoms with Gasteiger partial charge in [-0.1, -0.05) is 26.2 Å². The van der Waals surface area contributed by atoms with Crippen LogP contribution in [-0.4, -0.2) is 58.2 Å². The first-order chi connectivity index (χ1) is 9.97. The van der Waals surface area contributed by atoms with Crippen LogP contribution in [0.5, 0.6) is 0 Å². The van der Waals surface area contributed by atoms with E-state index in [1.165, 1.54) is 23.6 Å². The Morgan fingerprint density at radius 1 is 1.05 bits per heavy atom. The summed E-state index contributed by atoms with van der Waals surface area (Å²) in [4.78, 5) is 4.15. The first-order valence-electron chi connectivity index (χ1n) is 7.86. The molecule has 0 aromatic heterocycles. The van der Waals surface area contributed by atoms with Crippen LogP contribution in [0, 0.1) is 0 Å². The molecule has 0 atom stereocenters. The minimum Gasteiger partial charge on any atom is -0.356 e. The molecule has 134 valence electrons. The van der Waals surface area contributed by atoms with Crippen LogP contribution in [0.15, 0.2) is 4.99 Å². The number of guanidine groups is 1. The van der Waals surface area contributed by atoms with Crippen molar-refractivity contribution in [1.82, 2.24) is 14.9 Å². The van der Waals surface area contributed by atoms with E-state index in [9.17, 15) is 8.42 Å². The van der Waals surface area contributed by atoms with E-state index in [2.05, 4.69) is 22.5 Å². The molecule has 2 N–H and O–H groups in total. The van der Waals surface area contributed by atoms with Crippen molar-refractivity contribution in [2.24, 2.45) is 4.99 Å². The summed E-state index contributed by atoms with van der Waals surface area (Å²) in [6.45, 7) is 6.01. The van der Waals surface area contributed by atoms with Crippen molar-refractivity contribution in [3.63, 3.8) is 0 Å². The second-order valence-corrected chi connectivity index (χ2v) is 7.43. The maximum Gasteiger partial charge on any atom is 0.213 e. The summed E-state index contributed by atoms with van der Waals surface area (Å²) >= 11 is 0. The molecule has 6 nitrogen and oxygen atoms in total. The zero-order valence-electron chi connectivity index (χ0n) is 14.4. The van der Waals surface area contributed by atoms with Gasteiger partial charge in [0, 0.05) is 33.7 Å². The third-order valence-corrected chi connectivity index (χ3v) is 5.19. The molecule has 0 radical (unpaired) electrons. The lowest BCUT2D eigenvalue weighted by Gasteiger charge is -2.16. The van der Waals surface area contributed by atoms with E-state index < -0.39 is 10.0 Å². The summed E-state index contributed by atoms with van der Waals surface area (Å²) in [5.74, 6) is 0.935. The number of nitrogens with one attached hydrogen (secondary N) is 2. The average Bonchev–Trinajstić information content (AvgIpc) is 2.48. The number of aliphatic imine (C=N–C) groups is 1. The van der Waals surface area contributed by atoms with Gasteiger partial charge in [-0.3, -0.25) is 4.99 Å². The SMILES string of the molecule is CCCCCCNC(=NC)NCCCN(C)S(=O)(=O)CC.I. The average molecular weight is 448 g/mol. The quantitative estimate of drug-likeness (QED) is 0.220. The zero-order valence-corrected chi connectivity index (χ0v) is 17.5. The van der Waals surface area contributed by atoms with E-state index in [1.807, 2.05) is 0 Å². The van der Waals surface area contributed by atoms with Crippen molar-refractivity contribution >= 4 is 40.0 Å². The monoisotopic (exact) mass is 448 g/mol. The smallest absolute Gasteiger partial charge is 0.213 e. The molecule has 0 saturated carbocycles. The Balaban J connectivity index is 0. The summed E-state index contributed by atoms with van der Waals surface area (Å²) < 4.78 is 24.6. The van der Waals surface area contributed by atoms with Crippen LogP contribution in [0.4, 0.5) is 0 Å². The van der Waals surface area contributed by atoms with Gasteiger partial charge in [0.05, 0.1) is 5.75 Å². The first-order valence-corrected chi connectivity index (χ1v) is 9.47. The Hall–Kier alpha value is -0.0900. The number of hydrogen-bond donors (Lipinski definition) is 2. The Labute approximate surface area is 153 Å². The molecule has 0 aliphatic heterocycles. The van der Waals surface area contributed by atoms with E-state index in [1.54, 1.807) is 21.0 Å². The minimum absolute atomic E-state index is 0. The van der Waals surface area contributed by atoms with Crippen LogP contribution in [0.1, 0.15) is 46.0 Å². The van der Waals surface area contributed by atoms with Gasteiger partial charge in [0.15, 0.2) is 5.96 Å². The van der Waals surface area contributed by atoms with Crippen LogP contribution in [-0.2, 0) is 10.0 Å². The molecule has 0 spiro atoms. The summed E-state index contributed by atoms with van der Waals surface area (Å²) in [6, 6.07) is 0. The minimum atomic E-state index is -3.07. The van der Waals surface area contributed by atoms with Crippen LogP contribution in [0.3, 0.4) is 0 Å². The van der Waals surface area contributed by atoms with Crippen molar-refractivity contribution in [3.8, 4) is 0 Å². The van der Waals surface area contributed by atoms with E-state index in [0.29, 0.717) is 13.1 Å². The number of rotatable bonds is 11. The molecule has 22 heavy (non-hydrogen) atoms. The van der Waals surface area contributed by atoms with Gasteiger partial charge in [0.1, 0.15) is 0 Å². The van der Waals surface area contributed by atoms with Gasteiger partial charge < -0.3 is 10.6 Å². The highest BCUT2D eigenvalue weighted by Crippen LogP contribution is 1.98. The van der Waals surface area contributed by atoms with Gasteiger partial charge in [0.2, 0.25) is 10.0 Å². The number of halogens is 1. The molecule has 0 amide bonds. The summed E-state index contributed by atoms with van der Waals surface area (Å²) in [6.07, 6.45) is 5.64. The second-order valence-electron chi connectivity index (χ2n) is 5.06. The van der Waals surface area contributed by atoms with Crippen LogP contribution >= 0.6 is 24.0 Å². The maximum absolute atomic E-state index is 11.6. The normalized spacial score (nSPS) is 12.1.